The zero-order valence-corrected chi connectivity index (χ0v) is 12.9. The van der Waals surface area contributed by atoms with E-state index >= 15 is 0 Å². The number of carbonyl (C=O) groups excluding carboxylic acids is 2. The Labute approximate surface area is 121 Å². The molecular weight excluding hydrogens is 252 g/mol. The second-order valence-corrected chi connectivity index (χ2v) is 7.54. The van der Waals surface area contributed by atoms with Crippen molar-refractivity contribution in [3.05, 3.63) is 0 Å². The molecule has 4 heteroatoms. The van der Waals surface area contributed by atoms with Gasteiger partial charge in [-0.25, -0.2) is 0 Å². The number of fused-ring (bicyclic) bond motifs is 2. The highest BCUT2D eigenvalue weighted by atomic mass is 16.2. The second kappa shape index (κ2) is 4.55. The molecular formula is C16H26N2O2. The van der Waals surface area contributed by atoms with Crippen LogP contribution in [0, 0.1) is 16.7 Å². The molecule has 2 unspecified atom stereocenters. The zero-order valence-electron chi connectivity index (χ0n) is 12.9. The van der Waals surface area contributed by atoms with Gasteiger partial charge in [0.25, 0.3) is 0 Å². The number of nitrogens with zero attached hydrogens (tertiary/aromatic N) is 2. The van der Waals surface area contributed by atoms with Crippen molar-refractivity contribution in [1.29, 1.82) is 0 Å². The van der Waals surface area contributed by atoms with Crippen molar-refractivity contribution in [3.8, 4) is 0 Å². The van der Waals surface area contributed by atoms with E-state index in [-0.39, 0.29) is 28.6 Å². The highest BCUT2D eigenvalue weighted by Crippen LogP contribution is 2.60. The molecule has 2 bridgehead atoms. The normalized spacial score (nSPS) is 37.5. The maximum atomic E-state index is 12.9. The summed E-state index contributed by atoms with van der Waals surface area (Å²) in [6, 6.07) is 0. The largest absolute Gasteiger partial charge is 0.286 e. The first-order chi connectivity index (χ1) is 9.38. The average Bonchev–Trinajstić information content (AvgIpc) is 2.61. The number of hydrogen-bond donors (Lipinski definition) is 0. The van der Waals surface area contributed by atoms with Crippen LogP contribution < -0.4 is 0 Å². The van der Waals surface area contributed by atoms with Crippen molar-refractivity contribution < 1.29 is 9.59 Å². The number of imide groups is 1. The minimum Gasteiger partial charge on any atom is -0.286 e. The van der Waals surface area contributed by atoms with E-state index in [9.17, 15) is 9.59 Å². The van der Waals surface area contributed by atoms with Crippen LogP contribution in [0.4, 0.5) is 0 Å². The van der Waals surface area contributed by atoms with Crippen molar-refractivity contribution in [1.82, 2.24) is 9.80 Å². The van der Waals surface area contributed by atoms with Gasteiger partial charge in [0.1, 0.15) is 0 Å². The molecule has 1 saturated carbocycles. The van der Waals surface area contributed by atoms with Crippen molar-refractivity contribution in [2.24, 2.45) is 16.7 Å². The van der Waals surface area contributed by atoms with Gasteiger partial charge in [-0.3, -0.25) is 19.4 Å². The number of rotatable bonds is 2. The van der Waals surface area contributed by atoms with E-state index in [0.717, 1.165) is 25.9 Å². The smallest absolute Gasteiger partial charge is 0.236 e. The third kappa shape index (κ3) is 1.77. The van der Waals surface area contributed by atoms with Gasteiger partial charge in [-0.05, 0) is 44.2 Å². The molecule has 0 aromatic rings. The van der Waals surface area contributed by atoms with Crippen molar-refractivity contribution >= 4 is 11.8 Å². The molecule has 2 amide bonds. The number of hydrogen-bond acceptors (Lipinski definition) is 3. The van der Waals surface area contributed by atoms with Crippen LogP contribution in [0.15, 0.2) is 0 Å². The van der Waals surface area contributed by atoms with Gasteiger partial charge in [-0.1, -0.05) is 27.2 Å². The molecule has 3 aliphatic rings. The Morgan fingerprint density at radius 1 is 1.10 bits per heavy atom. The van der Waals surface area contributed by atoms with E-state index in [0.29, 0.717) is 6.67 Å². The van der Waals surface area contributed by atoms with Gasteiger partial charge in [-0.2, -0.15) is 0 Å². The average molecular weight is 278 g/mol. The molecule has 3 fully saturated rings. The number of carbonyl (C=O) groups is 2. The lowest BCUT2D eigenvalue weighted by atomic mass is 9.62. The third-order valence-corrected chi connectivity index (χ3v) is 6.30. The molecule has 0 radical (unpaired) electrons. The SMILES string of the molecule is CC12CCC(C(=O)N(CN3CCCCC3)C1=O)C2(C)C. The van der Waals surface area contributed by atoms with Gasteiger partial charge in [0.15, 0.2) is 0 Å². The lowest BCUT2D eigenvalue weighted by Gasteiger charge is -2.48. The van der Waals surface area contributed by atoms with Crippen molar-refractivity contribution in [2.45, 2.75) is 52.9 Å². The lowest BCUT2D eigenvalue weighted by Crippen LogP contribution is -2.61. The van der Waals surface area contributed by atoms with Gasteiger partial charge >= 0.3 is 0 Å². The standard InChI is InChI=1S/C16H26N2O2/c1-15(2)12-7-8-16(15,3)14(20)18(13(12)19)11-17-9-5-4-6-10-17/h12H,4-11H2,1-3H3. The molecule has 2 atom stereocenters. The number of likely N-dealkylation sites (tertiary alicyclic amines) is 2. The van der Waals surface area contributed by atoms with E-state index < -0.39 is 0 Å². The van der Waals surface area contributed by atoms with E-state index in [1.807, 2.05) is 0 Å². The predicted octanol–water partition coefficient (Wildman–Crippen LogP) is 2.24. The fourth-order valence-corrected chi connectivity index (χ4v) is 4.34. The van der Waals surface area contributed by atoms with Crippen LogP contribution in [0.2, 0.25) is 0 Å². The minimum atomic E-state index is -0.360. The van der Waals surface area contributed by atoms with E-state index in [4.69, 9.17) is 0 Å². The summed E-state index contributed by atoms with van der Waals surface area (Å²) in [6.07, 6.45) is 5.35. The van der Waals surface area contributed by atoms with Crippen LogP contribution in [-0.4, -0.2) is 41.4 Å². The Morgan fingerprint density at radius 3 is 2.40 bits per heavy atom. The Bertz CT molecular complexity index is 440. The molecule has 0 aromatic carbocycles. The summed E-state index contributed by atoms with van der Waals surface area (Å²) in [7, 11) is 0. The molecule has 2 saturated heterocycles. The molecule has 2 heterocycles. The van der Waals surface area contributed by atoms with E-state index in [1.54, 1.807) is 4.90 Å². The first-order valence-corrected chi connectivity index (χ1v) is 7.96. The predicted molar refractivity (Wildman–Crippen MR) is 76.8 cm³/mol. The van der Waals surface area contributed by atoms with Crippen molar-refractivity contribution in [3.63, 3.8) is 0 Å². The Hall–Kier alpha value is -0.900. The second-order valence-electron chi connectivity index (χ2n) is 7.54. The molecule has 20 heavy (non-hydrogen) atoms. The summed E-state index contributed by atoms with van der Waals surface area (Å²) in [4.78, 5) is 29.4. The van der Waals surface area contributed by atoms with E-state index in [1.165, 1.54) is 19.3 Å². The molecule has 1 aliphatic carbocycles. The Morgan fingerprint density at radius 2 is 1.75 bits per heavy atom. The highest BCUT2D eigenvalue weighted by molar-refractivity contribution is 6.03. The van der Waals surface area contributed by atoms with Gasteiger partial charge < -0.3 is 0 Å². The lowest BCUT2D eigenvalue weighted by molar-refractivity contribution is -0.170. The summed E-state index contributed by atoms with van der Waals surface area (Å²) in [5, 5.41) is 0. The topological polar surface area (TPSA) is 40.6 Å². The monoisotopic (exact) mass is 278 g/mol. The number of amides is 2. The minimum absolute atomic E-state index is 0.0231. The summed E-state index contributed by atoms with van der Waals surface area (Å²) in [6.45, 7) is 8.80. The van der Waals surface area contributed by atoms with Gasteiger partial charge in [0, 0.05) is 5.92 Å². The molecule has 0 aromatic heterocycles. The van der Waals surface area contributed by atoms with Gasteiger partial charge in [-0.15, -0.1) is 0 Å². The first kappa shape index (κ1) is 14.1. The zero-order chi connectivity index (χ0) is 14.5. The summed E-state index contributed by atoms with van der Waals surface area (Å²) in [5.74, 6) is 0.155. The van der Waals surface area contributed by atoms with Crippen LogP contribution in [0.3, 0.4) is 0 Å². The highest BCUT2D eigenvalue weighted by Gasteiger charge is 2.64. The molecule has 112 valence electrons. The molecule has 2 aliphatic heterocycles. The fraction of sp³-hybridized carbons (Fsp3) is 0.875. The van der Waals surface area contributed by atoms with Gasteiger partial charge in [0.05, 0.1) is 12.1 Å². The van der Waals surface area contributed by atoms with Crippen LogP contribution >= 0.6 is 0 Å². The van der Waals surface area contributed by atoms with Crippen LogP contribution in [0.1, 0.15) is 52.9 Å². The molecule has 4 nitrogen and oxygen atoms in total. The maximum Gasteiger partial charge on any atom is 0.236 e. The Balaban J connectivity index is 1.83. The fourth-order valence-electron chi connectivity index (χ4n) is 4.34. The summed E-state index contributed by atoms with van der Waals surface area (Å²) < 4.78 is 0. The van der Waals surface area contributed by atoms with E-state index in [2.05, 4.69) is 25.7 Å². The van der Waals surface area contributed by atoms with Gasteiger partial charge in [0.2, 0.25) is 11.8 Å². The molecule has 0 spiro atoms. The first-order valence-electron chi connectivity index (χ1n) is 7.96. The third-order valence-electron chi connectivity index (χ3n) is 6.30. The number of piperidine rings is 2. The van der Waals surface area contributed by atoms with Crippen LogP contribution in [0.5, 0.6) is 0 Å². The summed E-state index contributed by atoms with van der Waals surface area (Å²) >= 11 is 0. The Kier molecular flexibility index (Phi) is 3.20. The van der Waals surface area contributed by atoms with Crippen LogP contribution in [-0.2, 0) is 9.59 Å². The quantitative estimate of drug-likeness (QED) is 0.727. The van der Waals surface area contributed by atoms with Crippen molar-refractivity contribution in [2.75, 3.05) is 19.8 Å². The summed E-state index contributed by atoms with van der Waals surface area (Å²) in [5.41, 5.74) is -0.555. The maximum absolute atomic E-state index is 12.9. The molecule has 3 rings (SSSR count). The van der Waals surface area contributed by atoms with Crippen LogP contribution in [0.25, 0.3) is 0 Å². The molecule has 0 N–H and O–H groups in total.